The topological polar surface area (TPSA) is 35.6 Å². The second-order valence-electron chi connectivity index (χ2n) is 15.3. The third kappa shape index (κ3) is 4.77. The lowest BCUT2D eigenvalue weighted by Gasteiger charge is -2.13. The van der Waals surface area contributed by atoms with Gasteiger partial charge >= 0.3 is 0 Å². The maximum Gasteiger partial charge on any atom is 0.235 e. The minimum Gasteiger partial charge on any atom is -0.309 e. The molecule has 0 saturated heterocycles. The van der Waals surface area contributed by atoms with Crippen LogP contribution in [-0.4, -0.2) is 19.1 Å². The summed E-state index contributed by atoms with van der Waals surface area (Å²) >= 11 is 1.84. The minimum atomic E-state index is 0.671. The average Bonchev–Trinajstić information content (AvgIpc) is 3.96. The fourth-order valence-electron chi connectivity index (χ4n) is 9.48. The van der Waals surface area contributed by atoms with Gasteiger partial charge in [-0.2, -0.15) is 0 Å². The van der Waals surface area contributed by atoms with Crippen molar-refractivity contribution in [3.63, 3.8) is 0 Å². The van der Waals surface area contributed by atoms with Gasteiger partial charge in [0, 0.05) is 63.7 Å². The van der Waals surface area contributed by atoms with Gasteiger partial charge in [0.25, 0.3) is 0 Å². The smallest absolute Gasteiger partial charge is 0.235 e. The molecule has 0 radical (unpaired) electrons. The van der Waals surface area contributed by atoms with Gasteiger partial charge in [-0.1, -0.05) is 146 Å². The largest absolute Gasteiger partial charge is 0.309 e. The van der Waals surface area contributed by atoms with Crippen LogP contribution in [0.2, 0.25) is 0 Å². The first-order valence-electron chi connectivity index (χ1n) is 20.0. The zero-order chi connectivity index (χ0) is 38.6. The van der Waals surface area contributed by atoms with E-state index in [2.05, 4.69) is 203 Å². The molecule has 0 amide bonds. The van der Waals surface area contributed by atoms with Crippen LogP contribution in [0.1, 0.15) is 0 Å². The van der Waals surface area contributed by atoms with E-state index >= 15 is 0 Å². The normalized spacial score (nSPS) is 12.1. The summed E-state index contributed by atoms with van der Waals surface area (Å²) in [6.07, 6.45) is 0. The van der Waals surface area contributed by atoms with E-state index in [1.807, 2.05) is 11.3 Å². The molecule has 0 N–H and O–H groups in total. The number of hydrogen-bond donors (Lipinski definition) is 0. The Kier molecular flexibility index (Phi) is 6.85. The lowest BCUT2D eigenvalue weighted by Crippen LogP contribution is -2.03. The van der Waals surface area contributed by atoms with Crippen molar-refractivity contribution in [1.29, 1.82) is 0 Å². The van der Waals surface area contributed by atoms with Gasteiger partial charge in [-0.3, -0.25) is 4.57 Å². The molecule has 0 aliphatic heterocycles. The van der Waals surface area contributed by atoms with Crippen molar-refractivity contribution >= 4 is 96.8 Å². The molecule has 0 spiro atoms. The first-order chi connectivity index (χ1) is 29.3. The lowest BCUT2D eigenvalue weighted by atomic mass is 9.99. The predicted molar refractivity (Wildman–Crippen MR) is 249 cm³/mol. The van der Waals surface area contributed by atoms with E-state index in [-0.39, 0.29) is 0 Å². The molecule has 0 fully saturated rings. The Morgan fingerprint density at radius 2 is 1.03 bits per heavy atom. The standard InChI is InChI=1S/C54H32N4S/c1-2-13-37(14-3-1)57-47-30-27-36(32-44(47)41-28-26-34-12-4-5-15-38(34)52(41)57)33-22-24-35(25-23-33)51-42-17-6-9-19-45(42)55-54(56-51)58-46-20-10-7-16-39(46)40-29-31-49-50(53(40)58)43-18-8-11-21-48(43)59-49/h1-32H. The Morgan fingerprint density at radius 3 is 1.92 bits per heavy atom. The third-order valence-electron chi connectivity index (χ3n) is 12.1. The Balaban J connectivity index is 0.989. The number of thiophene rings is 1. The van der Waals surface area contributed by atoms with Gasteiger partial charge < -0.3 is 4.57 Å². The first kappa shape index (κ1) is 32.5. The summed E-state index contributed by atoms with van der Waals surface area (Å²) in [6.45, 7) is 0. The van der Waals surface area contributed by atoms with Crippen molar-refractivity contribution in [2.75, 3.05) is 0 Å². The molecule has 5 heteroatoms. The van der Waals surface area contributed by atoms with E-state index in [9.17, 15) is 0 Å². The zero-order valence-corrected chi connectivity index (χ0v) is 32.5. The number of aromatic nitrogens is 4. The lowest BCUT2D eigenvalue weighted by molar-refractivity contribution is 1.02. The second-order valence-corrected chi connectivity index (χ2v) is 16.4. The molecule has 0 saturated carbocycles. The Labute approximate surface area is 342 Å². The van der Waals surface area contributed by atoms with Gasteiger partial charge in [0.1, 0.15) is 0 Å². The molecule has 4 aromatic heterocycles. The van der Waals surface area contributed by atoms with E-state index < -0.39 is 0 Å². The molecular weight excluding hydrogens is 737 g/mol. The summed E-state index contributed by atoms with van der Waals surface area (Å²) in [5.74, 6) is 0.671. The van der Waals surface area contributed by atoms with Gasteiger partial charge in [0.2, 0.25) is 5.95 Å². The molecule has 13 aromatic rings. The maximum absolute atomic E-state index is 5.47. The third-order valence-corrected chi connectivity index (χ3v) is 13.3. The van der Waals surface area contributed by atoms with Crippen LogP contribution in [0, 0.1) is 0 Å². The van der Waals surface area contributed by atoms with E-state index in [4.69, 9.17) is 9.97 Å². The predicted octanol–water partition coefficient (Wildman–Crippen LogP) is 14.7. The number of hydrogen-bond acceptors (Lipinski definition) is 3. The molecule has 0 aliphatic carbocycles. The highest BCUT2D eigenvalue weighted by atomic mass is 32.1. The van der Waals surface area contributed by atoms with Crippen LogP contribution in [0.4, 0.5) is 0 Å². The van der Waals surface area contributed by atoms with Crippen molar-refractivity contribution in [2.45, 2.75) is 0 Å². The molecule has 59 heavy (non-hydrogen) atoms. The van der Waals surface area contributed by atoms with Crippen molar-refractivity contribution in [2.24, 2.45) is 0 Å². The van der Waals surface area contributed by atoms with Crippen LogP contribution in [-0.2, 0) is 0 Å². The summed E-state index contributed by atoms with van der Waals surface area (Å²) < 4.78 is 7.25. The summed E-state index contributed by atoms with van der Waals surface area (Å²) in [6, 6.07) is 70.0. The molecule has 0 unspecified atom stereocenters. The maximum atomic E-state index is 5.47. The Bertz CT molecular complexity index is 3830. The molecule has 13 rings (SSSR count). The van der Waals surface area contributed by atoms with Crippen LogP contribution >= 0.6 is 11.3 Å². The quantitative estimate of drug-likeness (QED) is 0.179. The van der Waals surface area contributed by atoms with Crippen LogP contribution in [0.3, 0.4) is 0 Å². The summed E-state index contributed by atoms with van der Waals surface area (Å²) in [5.41, 5.74) is 11.0. The Morgan fingerprint density at radius 1 is 0.373 bits per heavy atom. The van der Waals surface area contributed by atoms with Crippen molar-refractivity contribution < 1.29 is 0 Å². The number of nitrogens with zero attached hydrogens (tertiary/aromatic N) is 4. The summed E-state index contributed by atoms with van der Waals surface area (Å²) in [7, 11) is 0. The number of rotatable bonds is 4. The molecule has 4 nitrogen and oxygen atoms in total. The molecule has 0 aliphatic rings. The van der Waals surface area contributed by atoms with Crippen LogP contribution in [0.25, 0.3) is 119 Å². The van der Waals surface area contributed by atoms with E-state index in [1.54, 1.807) is 0 Å². The molecule has 0 bridgehead atoms. The SMILES string of the molecule is c1ccc(-n2c3ccc(-c4ccc(-c5nc(-n6c7ccccc7c7ccc8sc9ccccc9c8c76)nc6ccccc56)cc4)cc3c3ccc4ccccc4c32)cc1. The van der Waals surface area contributed by atoms with Gasteiger partial charge in [-0.25, -0.2) is 9.97 Å². The number of para-hydroxylation sites is 3. The van der Waals surface area contributed by atoms with Crippen LogP contribution in [0.15, 0.2) is 194 Å². The molecular formula is C54H32N4S. The van der Waals surface area contributed by atoms with Gasteiger partial charge in [-0.05, 0) is 65.0 Å². The second kappa shape index (κ2) is 12.4. The molecule has 0 atom stereocenters. The average molecular weight is 769 g/mol. The minimum absolute atomic E-state index is 0.671. The first-order valence-corrected chi connectivity index (χ1v) is 20.8. The Hall–Kier alpha value is -7.60. The van der Waals surface area contributed by atoms with Crippen molar-refractivity contribution in [1.82, 2.24) is 19.1 Å². The van der Waals surface area contributed by atoms with Crippen LogP contribution < -0.4 is 0 Å². The monoisotopic (exact) mass is 768 g/mol. The van der Waals surface area contributed by atoms with E-state index in [1.165, 1.54) is 69.1 Å². The summed E-state index contributed by atoms with van der Waals surface area (Å²) in [5, 5.41) is 10.9. The number of benzene rings is 9. The zero-order valence-electron chi connectivity index (χ0n) is 31.7. The summed E-state index contributed by atoms with van der Waals surface area (Å²) in [4.78, 5) is 10.8. The van der Waals surface area contributed by atoms with E-state index in [0.29, 0.717) is 5.95 Å². The number of fused-ring (bicyclic) bond motifs is 13. The highest BCUT2D eigenvalue weighted by Gasteiger charge is 2.21. The van der Waals surface area contributed by atoms with E-state index in [0.717, 1.165) is 44.4 Å². The fourth-order valence-corrected chi connectivity index (χ4v) is 10.6. The molecule has 274 valence electrons. The molecule has 9 aromatic carbocycles. The highest BCUT2D eigenvalue weighted by molar-refractivity contribution is 7.26. The highest BCUT2D eigenvalue weighted by Crippen LogP contribution is 2.44. The van der Waals surface area contributed by atoms with Gasteiger partial charge in [0.15, 0.2) is 0 Å². The van der Waals surface area contributed by atoms with Crippen LogP contribution in [0.5, 0.6) is 0 Å². The fraction of sp³-hybridized carbons (Fsp3) is 0. The van der Waals surface area contributed by atoms with Gasteiger partial charge in [0.05, 0.1) is 33.3 Å². The molecule has 4 heterocycles. The van der Waals surface area contributed by atoms with Crippen molar-refractivity contribution in [3.05, 3.63) is 194 Å². The van der Waals surface area contributed by atoms with Crippen molar-refractivity contribution in [3.8, 4) is 34.0 Å². The van der Waals surface area contributed by atoms with Gasteiger partial charge in [-0.15, -0.1) is 11.3 Å².